The molecule has 6 nitrogen and oxygen atoms in total. The Balaban J connectivity index is 1.77. The molecule has 1 saturated heterocycles. The highest BCUT2D eigenvalue weighted by atomic mass is 32.1. The van der Waals surface area contributed by atoms with Crippen molar-refractivity contribution < 1.29 is 18.8 Å². The van der Waals surface area contributed by atoms with Crippen LogP contribution >= 0.6 is 11.3 Å². The number of likely N-dealkylation sites (tertiary alicyclic amines) is 1. The molecule has 2 aromatic rings. The molecule has 0 saturated carbocycles. The van der Waals surface area contributed by atoms with Gasteiger partial charge in [-0.25, -0.2) is 9.78 Å². The van der Waals surface area contributed by atoms with Gasteiger partial charge in [0.2, 0.25) is 14.1 Å². The molecule has 0 bridgehead atoms. The first-order valence-electron chi connectivity index (χ1n) is 11.5. The second-order valence-corrected chi connectivity index (χ2v) is 16.7. The Morgan fingerprint density at radius 2 is 1.85 bits per heavy atom. The number of hydrogen-bond donors (Lipinski definition) is 0. The van der Waals surface area contributed by atoms with E-state index in [-0.39, 0.29) is 23.0 Å². The van der Waals surface area contributed by atoms with Crippen molar-refractivity contribution >= 4 is 31.5 Å². The van der Waals surface area contributed by atoms with Gasteiger partial charge in [0.05, 0.1) is 6.04 Å². The molecule has 0 N–H and O–H groups in total. The van der Waals surface area contributed by atoms with Crippen LogP contribution in [0.25, 0.3) is 0 Å². The zero-order chi connectivity index (χ0) is 24.6. The van der Waals surface area contributed by atoms with Gasteiger partial charge in [-0.05, 0) is 63.9 Å². The summed E-state index contributed by atoms with van der Waals surface area (Å²) < 4.78 is 11.9. The second kappa shape index (κ2) is 9.22. The van der Waals surface area contributed by atoms with E-state index in [1.165, 1.54) is 11.3 Å². The van der Waals surface area contributed by atoms with Crippen LogP contribution in [-0.4, -0.2) is 42.2 Å². The van der Waals surface area contributed by atoms with Gasteiger partial charge in [0.1, 0.15) is 22.1 Å². The summed E-state index contributed by atoms with van der Waals surface area (Å²) in [7, 11) is -2.01. The first-order chi connectivity index (χ1) is 15.2. The van der Waals surface area contributed by atoms with Gasteiger partial charge in [-0.2, -0.15) is 0 Å². The van der Waals surface area contributed by atoms with Crippen LogP contribution in [0.4, 0.5) is 4.79 Å². The van der Waals surface area contributed by atoms with E-state index in [0.717, 1.165) is 23.6 Å². The van der Waals surface area contributed by atoms with Gasteiger partial charge in [0.25, 0.3) is 0 Å². The lowest BCUT2D eigenvalue weighted by atomic mass is 10.1. The second-order valence-electron chi connectivity index (χ2n) is 11.1. The predicted molar refractivity (Wildman–Crippen MR) is 135 cm³/mol. The number of ether oxygens (including phenoxy) is 1. The summed E-state index contributed by atoms with van der Waals surface area (Å²) in [4.78, 5) is 32.2. The maximum Gasteiger partial charge on any atom is 0.410 e. The third kappa shape index (κ3) is 6.03. The summed E-state index contributed by atoms with van der Waals surface area (Å²) in [6, 6.07) is 7.21. The molecule has 33 heavy (non-hydrogen) atoms. The van der Waals surface area contributed by atoms with E-state index in [4.69, 9.17) is 9.16 Å². The van der Waals surface area contributed by atoms with Crippen LogP contribution in [0.15, 0.2) is 29.6 Å². The standard InChI is InChI=1S/C25H36N2O4SSi/c1-24(2,3)30-23(29)27-14-10-13-20(27)22-26-19(16-32-22)21(28)17-11-9-12-18(15-17)31-33(7,8)25(4,5)6/h9,11-12,15-16,20H,10,13-14H2,1-8H3/t20-/m0/s1. The number of hydrogen-bond acceptors (Lipinski definition) is 6. The Kier molecular flexibility index (Phi) is 7.10. The molecule has 1 aliphatic rings. The van der Waals surface area contributed by atoms with E-state index in [2.05, 4.69) is 38.8 Å². The number of benzene rings is 1. The van der Waals surface area contributed by atoms with Crippen LogP contribution < -0.4 is 4.43 Å². The van der Waals surface area contributed by atoms with Crippen molar-refractivity contribution in [3.05, 3.63) is 45.9 Å². The van der Waals surface area contributed by atoms with E-state index >= 15 is 0 Å². The lowest BCUT2D eigenvalue weighted by Crippen LogP contribution is -2.43. The van der Waals surface area contributed by atoms with E-state index in [0.29, 0.717) is 17.8 Å². The molecule has 3 rings (SSSR count). The smallest absolute Gasteiger partial charge is 0.410 e. The van der Waals surface area contributed by atoms with Crippen molar-refractivity contribution in [2.24, 2.45) is 0 Å². The zero-order valence-corrected chi connectivity index (χ0v) is 22.8. The minimum absolute atomic E-state index is 0.0676. The number of amides is 1. The summed E-state index contributed by atoms with van der Waals surface area (Å²) in [5.41, 5.74) is 0.403. The maximum absolute atomic E-state index is 13.2. The summed E-state index contributed by atoms with van der Waals surface area (Å²) in [6.45, 7) is 17.2. The predicted octanol–water partition coefficient (Wildman–Crippen LogP) is 6.83. The third-order valence-corrected chi connectivity index (χ3v) is 11.5. The molecule has 1 amide bonds. The van der Waals surface area contributed by atoms with Crippen LogP contribution in [0.5, 0.6) is 5.75 Å². The van der Waals surface area contributed by atoms with Crippen molar-refractivity contribution in [1.82, 2.24) is 9.88 Å². The molecule has 8 heteroatoms. The summed E-state index contributed by atoms with van der Waals surface area (Å²) >= 11 is 1.42. The highest BCUT2D eigenvalue weighted by molar-refractivity contribution is 7.10. The third-order valence-electron chi connectivity index (χ3n) is 6.20. The Bertz CT molecular complexity index is 1020. The number of thiazole rings is 1. The highest BCUT2D eigenvalue weighted by Crippen LogP contribution is 2.38. The molecule has 0 aliphatic carbocycles. The first kappa shape index (κ1) is 25.4. The topological polar surface area (TPSA) is 68.7 Å². The number of carbonyl (C=O) groups excluding carboxylic acids is 2. The average molecular weight is 489 g/mol. The van der Waals surface area contributed by atoms with Crippen molar-refractivity contribution in [3.63, 3.8) is 0 Å². The average Bonchev–Trinajstić information content (AvgIpc) is 3.34. The van der Waals surface area contributed by atoms with Crippen molar-refractivity contribution in [1.29, 1.82) is 0 Å². The fraction of sp³-hybridized carbons (Fsp3) is 0.560. The molecule has 180 valence electrons. The zero-order valence-electron chi connectivity index (χ0n) is 21.0. The van der Waals surface area contributed by atoms with E-state index in [1.54, 1.807) is 16.3 Å². The number of aromatic nitrogens is 1. The van der Waals surface area contributed by atoms with Crippen LogP contribution in [0, 0.1) is 0 Å². The van der Waals surface area contributed by atoms with Gasteiger partial charge >= 0.3 is 6.09 Å². The SMILES string of the molecule is CC(C)(C)OC(=O)N1CCC[C@H]1c1nc(C(=O)c2cccc(O[Si](C)(C)C(C)(C)C)c2)cs1. The first-order valence-corrected chi connectivity index (χ1v) is 15.3. The monoisotopic (exact) mass is 488 g/mol. The maximum atomic E-state index is 13.2. The molecule has 1 aromatic heterocycles. The molecule has 1 atom stereocenters. The molecule has 0 unspecified atom stereocenters. The van der Waals surface area contributed by atoms with E-state index in [9.17, 15) is 9.59 Å². The van der Waals surface area contributed by atoms with Gasteiger partial charge in [-0.3, -0.25) is 9.69 Å². The summed E-state index contributed by atoms with van der Waals surface area (Å²) in [6.07, 6.45) is 1.37. The Morgan fingerprint density at radius 3 is 2.48 bits per heavy atom. The van der Waals surface area contributed by atoms with Crippen LogP contribution in [-0.2, 0) is 4.74 Å². The van der Waals surface area contributed by atoms with Crippen LogP contribution in [0.1, 0.15) is 81.5 Å². The molecule has 0 radical (unpaired) electrons. The van der Waals surface area contributed by atoms with Crippen LogP contribution in [0.3, 0.4) is 0 Å². The summed E-state index contributed by atoms with van der Waals surface area (Å²) in [5.74, 6) is 0.579. The van der Waals surface area contributed by atoms with Gasteiger partial charge in [0.15, 0.2) is 0 Å². The number of nitrogens with zero attached hydrogens (tertiary/aromatic N) is 2. The van der Waals surface area contributed by atoms with Crippen molar-refractivity contribution in [2.45, 2.75) is 84.2 Å². The molecular weight excluding hydrogens is 452 g/mol. The van der Waals surface area contributed by atoms with Gasteiger partial charge in [0, 0.05) is 17.5 Å². The van der Waals surface area contributed by atoms with Gasteiger partial charge < -0.3 is 9.16 Å². The van der Waals surface area contributed by atoms with Crippen molar-refractivity contribution in [2.75, 3.05) is 6.54 Å². The van der Waals surface area contributed by atoms with Gasteiger partial charge in [-0.1, -0.05) is 32.9 Å². The normalized spacial score (nSPS) is 17.2. The lowest BCUT2D eigenvalue weighted by molar-refractivity contribution is 0.0224. The number of rotatable bonds is 5. The quantitative estimate of drug-likeness (QED) is 0.341. The molecule has 1 aromatic carbocycles. The van der Waals surface area contributed by atoms with Crippen LogP contribution in [0.2, 0.25) is 18.1 Å². The molecule has 0 spiro atoms. The molecule has 1 fully saturated rings. The molecule has 1 aliphatic heterocycles. The van der Waals surface area contributed by atoms with Crippen molar-refractivity contribution in [3.8, 4) is 5.75 Å². The summed E-state index contributed by atoms with van der Waals surface area (Å²) in [5, 5.41) is 2.62. The largest absolute Gasteiger partial charge is 0.543 e. The minimum atomic E-state index is -2.01. The molecular formula is C25H36N2O4SSi. The Morgan fingerprint density at radius 1 is 1.15 bits per heavy atom. The van der Waals surface area contributed by atoms with E-state index in [1.807, 2.05) is 39.0 Å². The highest BCUT2D eigenvalue weighted by Gasteiger charge is 2.39. The lowest BCUT2D eigenvalue weighted by Gasteiger charge is -2.36. The molecule has 2 heterocycles. The van der Waals surface area contributed by atoms with E-state index < -0.39 is 13.9 Å². The fourth-order valence-electron chi connectivity index (χ4n) is 3.40. The number of ketones is 1. The fourth-order valence-corrected chi connectivity index (χ4v) is 5.37. The Hall–Kier alpha value is -2.19. The number of carbonyl (C=O) groups is 2. The minimum Gasteiger partial charge on any atom is -0.543 e. The Labute approximate surface area is 202 Å². The van der Waals surface area contributed by atoms with Gasteiger partial charge in [-0.15, -0.1) is 11.3 Å².